The second-order valence-electron chi connectivity index (χ2n) is 8.17. The summed E-state index contributed by atoms with van der Waals surface area (Å²) in [4.78, 5) is 31.1. The van der Waals surface area contributed by atoms with Gasteiger partial charge in [0.2, 0.25) is 0 Å². The van der Waals surface area contributed by atoms with Crippen LogP contribution in [0, 0.1) is 13.8 Å². The van der Waals surface area contributed by atoms with Crippen molar-refractivity contribution >= 4 is 27.5 Å². The first-order chi connectivity index (χ1) is 16.5. The molecule has 0 unspecified atom stereocenters. The van der Waals surface area contributed by atoms with Gasteiger partial charge in [-0.2, -0.15) is 0 Å². The number of para-hydroxylation sites is 1. The number of rotatable bonds is 10. The Morgan fingerprint density at radius 1 is 1.00 bits per heavy atom. The molecule has 4 aromatic rings. The fourth-order valence-electron chi connectivity index (χ4n) is 3.77. The number of benzene rings is 2. The lowest BCUT2D eigenvalue weighted by Crippen LogP contribution is -2.21. The van der Waals surface area contributed by atoms with E-state index < -0.39 is 5.97 Å². The molecule has 0 radical (unpaired) electrons. The van der Waals surface area contributed by atoms with Gasteiger partial charge < -0.3 is 9.47 Å². The molecule has 0 fully saturated rings. The van der Waals surface area contributed by atoms with Gasteiger partial charge in [0.05, 0.1) is 24.9 Å². The molecule has 0 aliphatic rings. The third-order valence-corrected chi connectivity index (χ3v) is 6.89. The van der Waals surface area contributed by atoms with E-state index in [1.807, 2.05) is 61.5 Å². The fourth-order valence-corrected chi connectivity index (χ4v) is 4.80. The van der Waals surface area contributed by atoms with Crippen LogP contribution in [0.5, 0.6) is 5.75 Å². The van der Waals surface area contributed by atoms with E-state index >= 15 is 0 Å². The highest BCUT2D eigenvalue weighted by molar-refractivity contribution is 7.20. The molecule has 0 aliphatic heterocycles. The first-order valence-corrected chi connectivity index (χ1v) is 12.2. The predicted octanol–water partition coefficient (Wildman–Crippen LogP) is 5.33. The normalized spacial score (nSPS) is 11.0. The number of unbranched alkanes of at least 4 members (excludes halogenated alkanes) is 1. The summed E-state index contributed by atoms with van der Waals surface area (Å²) in [6.07, 6.45) is 3.82. The van der Waals surface area contributed by atoms with E-state index in [4.69, 9.17) is 9.47 Å². The van der Waals surface area contributed by atoms with Gasteiger partial charge in [-0.25, -0.2) is 9.78 Å². The molecule has 7 heteroatoms. The fraction of sp³-hybridized carbons (Fsp3) is 0.296. The van der Waals surface area contributed by atoms with Crippen LogP contribution in [-0.2, 0) is 17.7 Å². The Balaban J connectivity index is 1.35. The average molecular weight is 477 g/mol. The molecule has 2 aromatic carbocycles. The van der Waals surface area contributed by atoms with Gasteiger partial charge in [0, 0.05) is 13.0 Å². The van der Waals surface area contributed by atoms with Gasteiger partial charge in [-0.15, -0.1) is 11.3 Å². The first kappa shape index (κ1) is 23.7. The third-order valence-electron chi connectivity index (χ3n) is 5.71. The number of esters is 1. The van der Waals surface area contributed by atoms with Gasteiger partial charge in [-0.3, -0.25) is 9.36 Å². The van der Waals surface area contributed by atoms with Crippen LogP contribution < -0.4 is 10.3 Å². The molecular weight excluding hydrogens is 448 g/mol. The lowest BCUT2D eigenvalue weighted by Gasteiger charge is -2.09. The molecule has 34 heavy (non-hydrogen) atoms. The van der Waals surface area contributed by atoms with Crippen LogP contribution in [0.15, 0.2) is 65.7 Å². The molecule has 2 aromatic heterocycles. The van der Waals surface area contributed by atoms with Gasteiger partial charge in [0.1, 0.15) is 15.5 Å². The van der Waals surface area contributed by atoms with Crippen molar-refractivity contribution in [2.45, 2.75) is 39.7 Å². The first-order valence-electron chi connectivity index (χ1n) is 11.4. The minimum Gasteiger partial charge on any atom is -0.493 e. The van der Waals surface area contributed by atoms with Crippen LogP contribution in [0.25, 0.3) is 10.2 Å². The highest BCUT2D eigenvalue weighted by Crippen LogP contribution is 2.27. The molecule has 4 rings (SSSR count). The van der Waals surface area contributed by atoms with Gasteiger partial charge in [-0.1, -0.05) is 48.5 Å². The maximum absolute atomic E-state index is 13.1. The Bertz CT molecular complexity index is 1330. The van der Waals surface area contributed by atoms with Crippen molar-refractivity contribution in [1.29, 1.82) is 0 Å². The van der Waals surface area contributed by atoms with E-state index in [1.54, 1.807) is 17.8 Å². The van der Waals surface area contributed by atoms with Gasteiger partial charge in [-0.05, 0) is 49.4 Å². The number of hydrogen-bond donors (Lipinski definition) is 0. The zero-order valence-corrected chi connectivity index (χ0v) is 20.3. The Labute approximate surface area is 202 Å². The number of thiophene rings is 1. The molecule has 0 atom stereocenters. The van der Waals surface area contributed by atoms with Crippen LogP contribution >= 0.6 is 11.3 Å². The number of hydrogen-bond acceptors (Lipinski definition) is 6. The molecule has 0 amide bonds. The molecule has 0 aliphatic carbocycles. The molecule has 0 saturated heterocycles. The number of fused-ring (bicyclic) bond motifs is 1. The van der Waals surface area contributed by atoms with E-state index in [2.05, 4.69) is 4.98 Å². The van der Waals surface area contributed by atoms with Gasteiger partial charge in [0.15, 0.2) is 0 Å². The molecule has 0 spiro atoms. The number of carbonyl (C=O) groups is 1. The third kappa shape index (κ3) is 5.54. The number of aryl methyl sites for hydroxylation is 3. The standard InChI is InChI=1S/C27H28N2O4S/c1-19-10-6-7-13-22(19)32-16-9-8-15-29-18-28-25-23(26(29)30)20(2)24(34-25)27(31)33-17-14-21-11-4-3-5-12-21/h3-7,10-13,18H,8-9,14-17H2,1-2H3. The number of nitrogens with zero attached hydrogens (tertiary/aromatic N) is 2. The summed E-state index contributed by atoms with van der Waals surface area (Å²) < 4.78 is 12.9. The van der Waals surface area contributed by atoms with Crippen LogP contribution in [0.1, 0.15) is 39.2 Å². The number of ether oxygens (including phenoxy) is 2. The lowest BCUT2D eigenvalue weighted by molar-refractivity contribution is 0.0514. The maximum atomic E-state index is 13.1. The Kier molecular flexibility index (Phi) is 7.75. The summed E-state index contributed by atoms with van der Waals surface area (Å²) in [5, 5.41) is 0.499. The molecule has 0 bridgehead atoms. The van der Waals surface area contributed by atoms with Crippen molar-refractivity contribution in [2.24, 2.45) is 0 Å². The summed E-state index contributed by atoms with van der Waals surface area (Å²) in [6, 6.07) is 17.8. The highest BCUT2D eigenvalue weighted by Gasteiger charge is 2.20. The zero-order chi connectivity index (χ0) is 23.9. The topological polar surface area (TPSA) is 70.4 Å². The van der Waals surface area contributed by atoms with Crippen LogP contribution in [0.4, 0.5) is 0 Å². The largest absolute Gasteiger partial charge is 0.493 e. The van der Waals surface area contributed by atoms with Crippen molar-refractivity contribution in [3.05, 3.63) is 92.8 Å². The zero-order valence-electron chi connectivity index (χ0n) is 19.5. The van der Waals surface area contributed by atoms with Crippen LogP contribution in [0.3, 0.4) is 0 Å². The summed E-state index contributed by atoms with van der Waals surface area (Å²) in [5.41, 5.74) is 2.73. The van der Waals surface area contributed by atoms with E-state index in [9.17, 15) is 9.59 Å². The maximum Gasteiger partial charge on any atom is 0.348 e. The second kappa shape index (κ2) is 11.1. The quantitative estimate of drug-likeness (QED) is 0.228. The summed E-state index contributed by atoms with van der Waals surface area (Å²) in [6.45, 7) is 5.23. The Hall–Kier alpha value is -3.45. The van der Waals surface area contributed by atoms with Crippen molar-refractivity contribution in [3.8, 4) is 5.75 Å². The number of aromatic nitrogens is 2. The molecule has 176 valence electrons. The SMILES string of the molecule is Cc1ccccc1OCCCCn1cnc2sc(C(=O)OCCc3ccccc3)c(C)c2c1=O. The smallest absolute Gasteiger partial charge is 0.348 e. The summed E-state index contributed by atoms with van der Waals surface area (Å²) >= 11 is 1.21. The summed E-state index contributed by atoms with van der Waals surface area (Å²) in [5.74, 6) is 0.482. The minimum absolute atomic E-state index is 0.123. The molecule has 2 heterocycles. The van der Waals surface area contributed by atoms with Crippen molar-refractivity contribution in [2.75, 3.05) is 13.2 Å². The molecule has 6 nitrogen and oxygen atoms in total. The molecular formula is C27H28N2O4S. The summed E-state index contributed by atoms with van der Waals surface area (Å²) in [7, 11) is 0. The van der Waals surface area contributed by atoms with E-state index in [1.165, 1.54) is 11.3 Å². The second-order valence-corrected chi connectivity index (χ2v) is 9.17. The monoisotopic (exact) mass is 476 g/mol. The van der Waals surface area contributed by atoms with E-state index in [0.29, 0.717) is 46.8 Å². The average Bonchev–Trinajstić information content (AvgIpc) is 3.19. The number of carbonyl (C=O) groups excluding carboxylic acids is 1. The van der Waals surface area contributed by atoms with E-state index in [-0.39, 0.29) is 5.56 Å². The molecule has 0 N–H and O–H groups in total. The predicted molar refractivity (Wildman–Crippen MR) is 135 cm³/mol. The van der Waals surface area contributed by atoms with Crippen molar-refractivity contribution in [3.63, 3.8) is 0 Å². The van der Waals surface area contributed by atoms with Gasteiger partial charge in [0.25, 0.3) is 5.56 Å². The van der Waals surface area contributed by atoms with Gasteiger partial charge >= 0.3 is 5.97 Å². The van der Waals surface area contributed by atoms with Crippen LogP contribution in [-0.4, -0.2) is 28.7 Å². The highest BCUT2D eigenvalue weighted by atomic mass is 32.1. The Morgan fingerprint density at radius 2 is 1.76 bits per heavy atom. The minimum atomic E-state index is -0.407. The Morgan fingerprint density at radius 3 is 2.56 bits per heavy atom. The lowest BCUT2D eigenvalue weighted by atomic mass is 10.2. The van der Waals surface area contributed by atoms with Crippen LogP contribution in [0.2, 0.25) is 0 Å². The molecule has 0 saturated carbocycles. The van der Waals surface area contributed by atoms with E-state index in [0.717, 1.165) is 29.7 Å². The van der Waals surface area contributed by atoms with Crippen molar-refractivity contribution in [1.82, 2.24) is 9.55 Å². The van der Waals surface area contributed by atoms with Crippen molar-refractivity contribution < 1.29 is 14.3 Å².